The van der Waals surface area contributed by atoms with E-state index in [9.17, 15) is 4.79 Å². The Labute approximate surface area is 135 Å². The Morgan fingerprint density at radius 1 is 0.739 bits per heavy atom. The highest BCUT2D eigenvalue weighted by molar-refractivity contribution is 6.06. The van der Waals surface area contributed by atoms with Gasteiger partial charge in [0.25, 0.3) is 5.91 Å². The van der Waals surface area contributed by atoms with Gasteiger partial charge in [-0.25, -0.2) is 0 Å². The van der Waals surface area contributed by atoms with Crippen molar-refractivity contribution in [3.8, 4) is 0 Å². The van der Waals surface area contributed by atoms with Gasteiger partial charge in [-0.05, 0) is 29.8 Å². The third kappa shape index (κ3) is 3.71. The summed E-state index contributed by atoms with van der Waals surface area (Å²) in [4.78, 5) is 12.8. The summed E-state index contributed by atoms with van der Waals surface area (Å²) in [6, 6.07) is 28.3. The van der Waals surface area contributed by atoms with Crippen molar-refractivity contribution in [1.82, 2.24) is 0 Å². The molecule has 0 saturated carbocycles. The summed E-state index contributed by atoms with van der Waals surface area (Å²) in [6.45, 7) is 0. The lowest BCUT2D eigenvalue weighted by Crippen LogP contribution is -2.25. The maximum absolute atomic E-state index is 12.8. The zero-order valence-electron chi connectivity index (χ0n) is 12.5. The van der Waals surface area contributed by atoms with E-state index in [2.05, 4.69) is 5.10 Å². The molecule has 0 saturated heterocycles. The number of para-hydroxylation sites is 1. The number of hydrogen-bond acceptors (Lipinski definition) is 2. The van der Waals surface area contributed by atoms with Crippen LogP contribution in [0.5, 0.6) is 0 Å². The predicted octanol–water partition coefficient (Wildman–Crippen LogP) is 4.37. The van der Waals surface area contributed by atoms with E-state index >= 15 is 0 Å². The highest BCUT2D eigenvalue weighted by Crippen LogP contribution is 2.17. The van der Waals surface area contributed by atoms with Gasteiger partial charge in [0.2, 0.25) is 0 Å². The quantitative estimate of drug-likeness (QED) is 0.520. The molecule has 0 fully saturated rings. The van der Waals surface area contributed by atoms with Crippen LogP contribution in [0.15, 0.2) is 96.1 Å². The maximum Gasteiger partial charge on any atom is 0.278 e. The summed E-state index contributed by atoms with van der Waals surface area (Å²) >= 11 is 0. The van der Waals surface area contributed by atoms with Gasteiger partial charge in [-0.3, -0.25) is 4.79 Å². The second-order valence-electron chi connectivity index (χ2n) is 4.97. The second kappa shape index (κ2) is 7.18. The van der Waals surface area contributed by atoms with Crippen molar-refractivity contribution < 1.29 is 4.79 Å². The Morgan fingerprint density at radius 2 is 1.26 bits per heavy atom. The summed E-state index contributed by atoms with van der Waals surface area (Å²) in [5.74, 6) is -0.163. The molecule has 0 aromatic heterocycles. The van der Waals surface area contributed by atoms with Crippen molar-refractivity contribution in [1.29, 1.82) is 0 Å². The maximum atomic E-state index is 12.8. The van der Waals surface area contributed by atoms with Crippen LogP contribution in [0.3, 0.4) is 0 Å². The topological polar surface area (TPSA) is 32.7 Å². The van der Waals surface area contributed by atoms with Gasteiger partial charge in [-0.15, -0.1) is 0 Å². The molecule has 3 aromatic rings. The predicted molar refractivity (Wildman–Crippen MR) is 93.7 cm³/mol. The molecule has 112 valence electrons. The van der Waals surface area contributed by atoms with Gasteiger partial charge in [0.15, 0.2) is 0 Å². The van der Waals surface area contributed by atoms with Gasteiger partial charge in [0.05, 0.1) is 11.9 Å². The monoisotopic (exact) mass is 300 g/mol. The first-order valence-electron chi connectivity index (χ1n) is 7.38. The van der Waals surface area contributed by atoms with Gasteiger partial charge in [0.1, 0.15) is 0 Å². The molecule has 0 aliphatic heterocycles. The molecule has 3 nitrogen and oxygen atoms in total. The van der Waals surface area contributed by atoms with Crippen molar-refractivity contribution >= 4 is 17.8 Å². The van der Waals surface area contributed by atoms with Crippen molar-refractivity contribution in [2.45, 2.75) is 0 Å². The number of carbonyl (C=O) groups is 1. The Bertz CT molecular complexity index is 784. The lowest BCUT2D eigenvalue weighted by molar-refractivity contribution is 0.0988. The average Bonchev–Trinajstić information content (AvgIpc) is 2.64. The zero-order valence-corrected chi connectivity index (χ0v) is 12.5. The van der Waals surface area contributed by atoms with Crippen molar-refractivity contribution in [2.24, 2.45) is 5.10 Å². The molecule has 0 spiro atoms. The molecular weight excluding hydrogens is 284 g/mol. The summed E-state index contributed by atoms with van der Waals surface area (Å²) < 4.78 is 0. The van der Waals surface area contributed by atoms with Crippen LogP contribution in [-0.4, -0.2) is 12.1 Å². The Balaban J connectivity index is 1.95. The fourth-order valence-electron chi connectivity index (χ4n) is 2.17. The molecule has 3 heteroatoms. The van der Waals surface area contributed by atoms with E-state index in [-0.39, 0.29) is 5.91 Å². The molecule has 0 N–H and O–H groups in total. The molecule has 0 radical (unpaired) electrons. The summed E-state index contributed by atoms with van der Waals surface area (Å²) in [7, 11) is 0. The van der Waals surface area contributed by atoms with Crippen molar-refractivity contribution in [3.63, 3.8) is 0 Å². The molecule has 0 aliphatic carbocycles. The first-order valence-corrected chi connectivity index (χ1v) is 7.38. The van der Waals surface area contributed by atoms with Crippen LogP contribution in [-0.2, 0) is 0 Å². The minimum atomic E-state index is -0.163. The second-order valence-corrected chi connectivity index (χ2v) is 4.97. The molecule has 0 heterocycles. The molecule has 0 bridgehead atoms. The first kappa shape index (κ1) is 14.7. The van der Waals surface area contributed by atoms with Gasteiger partial charge in [-0.2, -0.15) is 10.1 Å². The van der Waals surface area contributed by atoms with E-state index < -0.39 is 0 Å². The highest BCUT2D eigenvalue weighted by atomic mass is 16.2. The van der Waals surface area contributed by atoms with Crippen LogP contribution in [0.4, 0.5) is 5.69 Å². The van der Waals surface area contributed by atoms with Gasteiger partial charge in [-0.1, -0.05) is 66.7 Å². The number of nitrogens with zero attached hydrogens (tertiary/aromatic N) is 2. The van der Waals surface area contributed by atoms with E-state index in [1.807, 2.05) is 78.9 Å². The van der Waals surface area contributed by atoms with E-state index in [1.165, 1.54) is 5.01 Å². The third-order valence-corrected chi connectivity index (χ3v) is 3.34. The molecule has 3 rings (SSSR count). The summed E-state index contributed by atoms with van der Waals surface area (Å²) in [5, 5.41) is 5.82. The first-order chi connectivity index (χ1) is 11.3. The number of benzene rings is 3. The standard InChI is InChI=1S/C20H16N2O/c23-20(18-12-6-2-7-13-18)22(19-14-8-3-9-15-19)21-16-17-10-4-1-5-11-17/h1-16H/b21-16+. The molecule has 3 aromatic carbocycles. The fourth-order valence-corrected chi connectivity index (χ4v) is 2.17. The van der Waals surface area contributed by atoms with Gasteiger partial charge < -0.3 is 0 Å². The molecule has 1 amide bonds. The van der Waals surface area contributed by atoms with Crippen LogP contribution in [0.25, 0.3) is 0 Å². The SMILES string of the molecule is O=C(c1ccccc1)N(/N=C/c1ccccc1)c1ccccc1. The van der Waals surface area contributed by atoms with E-state index in [1.54, 1.807) is 18.3 Å². The number of hydrogen-bond donors (Lipinski definition) is 0. The van der Waals surface area contributed by atoms with Gasteiger partial charge >= 0.3 is 0 Å². The normalized spacial score (nSPS) is 10.6. The lowest BCUT2D eigenvalue weighted by Gasteiger charge is -2.17. The summed E-state index contributed by atoms with van der Waals surface area (Å²) in [6.07, 6.45) is 1.69. The molecule has 0 atom stereocenters. The number of anilines is 1. The van der Waals surface area contributed by atoms with Crippen molar-refractivity contribution in [2.75, 3.05) is 5.01 Å². The smallest absolute Gasteiger partial charge is 0.267 e. The minimum absolute atomic E-state index is 0.163. The lowest BCUT2D eigenvalue weighted by atomic mass is 10.2. The van der Waals surface area contributed by atoms with Crippen LogP contribution in [0.1, 0.15) is 15.9 Å². The van der Waals surface area contributed by atoms with Crippen LogP contribution >= 0.6 is 0 Å². The molecule has 0 aliphatic rings. The van der Waals surface area contributed by atoms with Crippen LogP contribution in [0.2, 0.25) is 0 Å². The Morgan fingerprint density at radius 3 is 1.87 bits per heavy atom. The Hall–Kier alpha value is -3.20. The molecule has 0 unspecified atom stereocenters. The number of hydrazone groups is 1. The number of rotatable bonds is 4. The zero-order chi connectivity index (χ0) is 15.9. The molecule has 23 heavy (non-hydrogen) atoms. The third-order valence-electron chi connectivity index (χ3n) is 3.34. The largest absolute Gasteiger partial charge is 0.278 e. The van der Waals surface area contributed by atoms with E-state index in [0.717, 1.165) is 11.3 Å². The van der Waals surface area contributed by atoms with Gasteiger partial charge in [0, 0.05) is 5.56 Å². The molecular formula is C20H16N2O. The average molecular weight is 300 g/mol. The number of carbonyl (C=O) groups excluding carboxylic acids is 1. The van der Waals surface area contributed by atoms with Crippen LogP contribution < -0.4 is 5.01 Å². The minimum Gasteiger partial charge on any atom is -0.267 e. The van der Waals surface area contributed by atoms with E-state index in [4.69, 9.17) is 0 Å². The van der Waals surface area contributed by atoms with Crippen LogP contribution in [0, 0.1) is 0 Å². The Kier molecular flexibility index (Phi) is 4.60. The summed E-state index contributed by atoms with van der Waals surface area (Å²) in [5.41, 5.74) is 2.27. The number of amides is 1. The van der Waals surface area contributed by atoms with Crippen molar-refractivity contribution in [3.05, 3.63) is 102 Å². The fraction of sp³-hybridized carbons (Fsp3) is 0. The van der Waals surface area contributed by atoms with E-state index in [0.29, 0.717) is 5.56 Å². The highest BCUT2D eigenvalue weighted by Gasteiger charge is 2.16.